The van der Waals surface area contributed by atoms with E-state index < -0.39 is 0 Å². The van der Waals surface area contributed by atoms with Crippen LogP contribution in [0.4, 0.5) is 5.82 Å². The molecule has 130 valence electrons. The van der Waals surface area contributed by atoms with Crippen molar-refractivity contribution in [3.05, 3.63) is 72.1 Å². The molecule has 0 saturated carbocycles. The fourth-order valence-electron chi connectivity index (χ4n) is 3.22. The van der Waals surface area contributed by atoms with E-state index in [0.717, 1.165) is 39.0 Å². The van der Waals surface area contributed by atoms with Crippen LogP contribution in [-0.4, -0.2) is 22.0 Å². The summed E-state index contributed by atoms with van der Waals surface area (Å²) in [5.41, 5.74) is 5.49. The van der Waals surface area contributed by atoms with Gasteiger partial charge in [-0.25, -0.2) is 9.97 Å². The van der Waals surface area contributed by atoms with Crippen molar-refractivity contribution < 1.29 is 0 Å². The number of nitrogens with zero attached hydrogens (tertiary/aromatic N) is 4. The quantitative estimate of drug-likeness (QED) is 0.585. The highest BCUT2D eigenvalue weighted by molar-refractivity contribution is 5.96. The van der Waals surface area contributed by atoms with Gasteiger partial charge in [0.25, 0.3) is 0 Å². The lowest BCUT2D eigenvalue weighted by atomic mass is 9.96. The smallest absolute Gasteiger partial charge is 0.163 e. The van der Waals surface area contributed by atoms with E-state index in [4.69, 9.17) is 4.98 Å². The van der Waals surface area contributed by atoms with Crippen LogP contribution < -0.4 is 5.32 Å². The third-order valence-electron chi connectivity index (χ3n) is 4.58. The van der Waals surface area contributed by atoms with Gasteiger partial charge >= 0.3 is 0 Å². The first kappa shape index (κ1) is 16.7. The zero-order chi connectivity index (χ0) is 18.8. The molecular formula is C22H17N5. The van der Waals surface area contributed by atoms with Crippen molar-refractivity contribution >= 4 is 16.7 Å². The summed E-state index contributed by atoms with van der Waals surface area (Å²) < 4.78 is 0. The van der Waals surface area contributed by atoms with Gasteiger partial charge in [0.1, 0.15) is 5.82 Å². The van der Waals surface area contributed by atoms with Crippen molar-refractivity contribution in [3.8, 4) is 28.6 Å². The predicted octanol–water partition coefficient (Wildman–Crippen LogP) is 4.58. The predicted molar refractivity (Wildman–Crippen MR) is 107 cm³/mol. The average Bonchev–Trinajstić information content (AvgIpc) is 2.74. The van der Waals surface area contributed by atoms with Crippen LogP contribution in [0.15, 0.2) is 60.9 Å². The fourth-order valence-corrected chi connectivity index (χ4v) is 3.22. The van der Waals surface area contributed by atoms with Crippen LogP contribution in [0.25, 0.3) is 33.4 Å². The van der Waals surface area contributed by atoms with E-state index in [0.29, 0.717) is 11.4 Å². The van der Waals surface area contributed by atoms with Crippen molar-refractivity contribution in [3.63, 3.8) is 0 Å². The van der Waals surface area contributed by atoms with Crippen LogP contribution in [0.2, 0.25) is 0 Å². The van der Waals surface area contributed by atoms with Gasteiger partial charge in [-0.1, -0.05) is 18.2 Å². The van der Waals surface area contributed by atoms with E-state index in [9.17, 15) is 5.26 Å². The summed E-state index contributed by atoms with van der Waals surface area (Å²) in [6.07, 6.45) is 3.49. The Hall–Kier alpha value is -3.78. The van der Waals surface area contributed by atoms with E-state index in [-0.39, 0.29) is 0 Å². The fraction of sp³-hybridized carbons (Fsp3) is 0.0909. The maximum atomic E-state index is 9.20. The van der Waals surface area contributed by atoms with Crippen LogP contribution >= 0.6 is 0 Å². The molecule has 0 atom stereocenters. The lowest BCUT2D eigenvalue weighted by Crippen LogP contribution is -2.01. The average molecular weight is 351 g/mol. The summed E-state index contributed by atoms with van der Waals surface area (Å²) in [5.74, 6) is 1.41. The van der Waals surface area contributed by atoms with Gasteiger partial charge in [-0.05, 0) is 53.9 Å². The van der Waals surface area contributed by atoms with Crippen LogP contribution in [0.3, 0.4) is 0 Å². The monoisotopic (exact) mass is 351 g/mol. The van der Waals surface area contributed by atoms with Crippen molar-refractivity contribution in [1.82, 2.24) is 15.0 Å². The molecule has 0 radical (unpaired) electrons. The zero-order valence-electron chi connectivity index (χ0n) is 15.1. The second kappa shape index (κ2) is 6.85. The Morgan fingerprint density at radius 2 is 1.85 bits per heavy atom. The van der Waals surface area contributed by atoms with E-state index in [1.165, 1.54) is 0 Å². The summed E-state index contributed by atoms with van der Waals surface area (Å²) in [5, 5.41) is 13.3. The summed E-state index contributed by atoms with van der Waals surface area (Å²) in [7, 11) is 1.86. The normalized spacial score (nSPS) is 10.6. The van der Waals surface area contributed by atoms with Crippen LogP contribution in [0.1, 0.15) is 11.1 Å². The largest absolute Gasteiger partial charge is 0.373 e. The minimum atomic E-state index is 0.631. The summed E-state index contributed by atoms with van der Waals surface area (Å²) >= 11 is 0. The van der Waals surface area contributed by atoms with Crippen LogP contribution in [0.5, 0.6) is 0 Å². The van der Waals surface area contributed by atoms with E-state index in [1.807, 2.05) is 49.5 Å². The highest BCUT2D eigenvalue weighted by Gasteiger charge is 2.14. The highest BCUT2D eigenvalue weighted by atomic mass is 15.0. The van der Waals surface area contributed by atoms with E-state index in [2.05, 4.69) is 34.3 Å². The number of pyridine rings is 1. The molecule has 5 heteroatoms. The third-order valence-corrected chi connectivity index (χ3v) is 4.58. The van der Waals surface area contributed by atoms with Gasteiger partial charge in [-0.3, -0.25) is 4.98 Å². The number of fused-ring (bicyclic) bond motifs is 1. The molecule has 4 rings (SSSR count). The van der Waals surface area contributed by atoms with Crippen molar-refractivity contribution in [1.29, 1.82) is 5.26 Å². The van der Waals surface area contributed by atoms with Gasteiger partial charge in [0.2, 0.25) is 0 Å². The second-order valence-corrected chi connectivity index (χ2v) is 6.21. The van der Waals surface area contributed by atoms with Crippen molar-refractivity contribution in [2.75, 3.05) is 12.4 Å². The second-order valence-electron chi connectivity index (χ2n) is 6.21. The SMILES string of the molecule is CNc1nc(-c2cccnc2)nc2c(C)c(-c3cccc(C#N)c3)ccc12. The molecule has 1 N–H and O–H groups in total. The van der Waals surface area contributed by atoms with Gasteiger partial charge in [-0.15, -0.1) is 0 Å². The van der Waals surface area contributed by atoms with Crippen LogP contribution in [0, 0.1) is 18.3 Å². The van der Waals surface area contributed by atoms with Gasteiger partial charge < -0.3 is 5.32 Å². The van der Waals surface area contributed by atoms with Gasteiger partial charge in [0, 0.05) is 30.4 Å². The summed E-state index contributed by atoms with van der Waals surface area (Å²) in [4.78, 5) is 13.7. The first-order chi connectivity index (χ1) is 13.2. The third kappa shape index (κ3) is 2.98. The number of aromatic nitrogens is 3. The number of aryl methyl sites for hydroxylation is 1. The molecule has 0 aliphatic heterocycles. The maximum Gasteiger partial charge on any atom is 0.163 e. The Balaban J connectivity index is 1.97. The zero-order valence-corrected chi connectivity index (χ0v) is 15.1. The molecule has 0 unspecified atom stereocenters. The van der Waals surface area contributed by atoms with Gasteiger partial charge in [-0.2, -0.15) is 5.26 Å². The molecule has 2 aromatic heterocycles. The minimum absolute atomic E-state index is 0.631. The van der Waals surface area contributed by atoms with Gasteiger partial charge in [0.05, 0.1) is 17.1 Å². The molecule has 5 nitrogen and oxygen atoms in total. The van der Waals surface area contributed by atoms with E-state index >= 15 is 0 Å². The first-order valence-corrected chi connectivity index (χ1v) is 8.61. The number of hydrogen-bond acceptors (Lipinski definition) is 5. The molecule has 4 aromatic rings. The molecule has 0 aliphatic carbocycles. The molecule has 0 saturated heterocycles. The molecule has 0 amide bonds. The lowest BCUT2D eigenvalue weighted by molar-refractivity contribution is 1.19. The highest BCUT2D eigenvalue weighted by Crippen LogP contribution is 2.33. The molecule has 0 fully saturated rings. The first-order valence-electron chi connectivity index (χ1n) is 8.61. The Morgan fingerprint density at radius 1 is 1.00 bits per heavy atom. The number of nitriles is 1. The molecule has 2 aromatic carbocycles. The minimum Gasteiger partial charge on any atom is -0.373 e. The Morgan fingerprint density at radius 3 is 2.59 bits per heavy atom. The molecule has 0 bridgehead atoms. The summed E-state index contributed by atoms with van der Waals surface area (Å²) in [6.45, 7) is 2.05. The number of rotatable bonds is 3. The Kier molecular flexibility index (Phi) is 4.23. The van der Waals surface area contributed by atoms with Crippen molar-refractivity contribution in [2.45, 2.75) is 6.92 Å². The molecule has 0 aliphatic rings. The Labute approximate surface area is 157 Å². The van der Waals surface area contributed by atoms with Crippen LogP contribution in [-0.2, 0) is 0 Å². The number of benzene rings is 2. The molecule has 27 heavy (non-hydrogen) atoms. The number of hydrogen-bond donors (Lipinski definition) is 1. The Bertz CT molecular complexity index is 1180. The number of nitrogens with one attached hydrogen (secondary N) is 1. The molecule has 2 heterocycles. The lowest BCUT2D eigenvalue weighted by Gasteiger charge is -2.13. The molecule has 0 spiro atoms. The standard InChI is InChI=1S/C22H17N5/c1-14-18(16-6-3-5-15(11-16)12-23)8-9-19-20(14)26-21(27-22(19)24-2)17-7-4-10-25-13-17/h3-11,13H,1-2H3,(H,24,26,27). The maximum absolute atomic E-state index is 9.20. The topological polar surface area (TPSA) is 74.5 Å². The number of anilines is 1. The van der Waals surface area contributed by atoms with Gasteiger partial charge in [0.15, 0.2) is 5.82 Å². The summed E-state index contributed by atoms with van der Waals surface area (Å²) in [6, 6.07) is 17.7. The van der Waals surface area contributed by atoms with Crippen molar-refractivity contribution in [2.24, 2.45) is 0 Å². The van der Waals surface area contributed by atoms with E-state index in [1.54, 1.807) is 12.4 Å². The molecular weight excluding hydrogens is 334 g/mol.